The number of carbonyl (C=O) groups is 3. The fourth-order valence-electron chi connectivity index (χ4n) is 2.42. The number of hydrogen-bond acceptors (Lipinski definition) is 3. The monoisotopic (exact) mass is 275 g/mol. The van der Waals surface area contributed by atoms with E-state index >= 15 is 0 Å². The van der Waals surface area contributed by atoms with E-state index in [1.165, 1.54) is 6.07 Å². The lowest BCUT2D eigenvalue weighted by molar-refractivity contribution is -0.153. The summed E-state index contributed by atoms with van der Waals surface area (Å²) >= 11 is 0. The van der Waals surface area contributed by atoms with E-state index in [2.05, 4.69) is 0 Å². The predicted octanol–water partition coefficient (Wildman–Crippen LogP) is 2.06. The minimum atomic E-state index is -1.06. The molecule has 1 aliphatic rings. The van der Waals surface area contributed by atoms with Crippen LogP contribution in [0.4, 0.5) is 0 Å². The fraction of sp³-hybridized carbons (Fsp3) is 0.400. The molecule has 0 unspecified atom stereocenters. The zero-order valence-corrected chi connectivity index (χ0v) is 11.5. The Morgan fingerprint density at radius 2 is 1.75 bits per heavy atom. The van der Waals surface area contributed by atoms with Crippen LogP contribution in [0, 0.1) is 5.41 Å². The predicted molar refractivity (Wildman–Crippen MR) is 72.0 cm³/mol. The lowest BCUT2D eigenvalue weighted by atomic mass is 9.81. The first-order chi connectivity index (χ1) is 9.30. The number of rotatable bonds is 3. The van der Waals surface area contributed by atoms with Gasteiger partial charge in [-0.15, -0.1) is 0 Å². The van der Waals surface area contributed by atoms with E-state index in [1.54, 1.807) is 18.2 Å². The number of likely N-dealkylation sites (tertiary alicyclic amines) is 1. The summed E-state index contributed by atoms with van der Waals surface area (Å²) < 4.78 is 0. The molecule has 20 heavy (non-hydrogen) atoms. The molecule has 0 aliphatic carbocycles. The Bertz CT molecular complexity index is 557. The number of carboxylic acid groups (broad SMARTS) is 1. The Morgan fingerprint density at radius 3 is 2.30 bits per heavy atom. The van der Waals surface area contributed by atoms with Gasteiger partial charge in [0.1, 0.15) is 0 Å². The van der Waals surface area contributed by atoms with Gasteiger partial charge in [-0.05, 0) is 17.0 Å². The average Bonchev–Trinajstić information content (AvgIpc) is 2.33. The number of aromatic carboxylic acids is 1. The first kappa shape index (κ1) is 14.2. The number of amides is 2. The van der Waals surface area contributed by atoms with Crippen LogP contribution in [0.2, 0.25) is 0 Å². The topological polar surface area (TPSA) is 74.7 Å². The summed E-state index contributed by atoms with van der Waals surface area (Å²) in [7, 11) is 0. The number of carboxylic acids is 1. The van der Waals surface area contributed by atoms with Crippen LogP contribution in [0.25, 0.3) is 0 Å². The van der Waals surface area contributed by atoms with Gasteiger partial charge in [-0.1, -0.05) is 32.0 Å². The van der Waals surface area contributed by atoms with E-state index in [-0.39, 0.29) is 29.3 Å². The van der Waals surface area contributed by atoms with Crippen molar-refractivity contribution in [2.24, 2.45) is 5.41 Å². The molecule has 1 fully saturated rings. The highest BCUT2D eigenvalue weighted by molar-refractivity contribution is 5.98. The highest BCUT2D eigenvalue weighted by Crippen LogP contribution is 2.32. The largest absolute Gasteiger partial charge is 0.478 e. The van der Waals surface area contributed by atoms with Crippen molar-refractivity contribution >= 4 is 17.8 Å². The van der Waals surface area contributed by atoms with Crippen LogP contribution in [0.15, 0.2) is 24.3 Å². The van der Waals surface area contributed by atoms with Crippen molar-refractivity contribution < 1.29 is 19.5 Å². The minimum Gasteiger partial charge on any atom is -0.478 e. The summed E-state index contributed by atoms with van der Waals surface area (Å²) in [6, 6.07) is 6.42. The fourth-order valence-corrected chi connectivity index (χ4v) is 2.42. The third-order valence-electron chi connectivity index (χ3n) is 3.44. The average molecular weight is 275 g/mol. The zero-order chi connectivity index (χ0) is 14.9. The molecule has 1 aromatic rings. The molecular formula is C15H17NO4. The number of nitrogens with zero attached hydrogens (tertiary/aromatic N) is 1. The maximum Gasteiger partial charge on any atom is 0.336 e. The molecule has 2 rings (SSSR count). The van der Waals surface area contributed by atoms with Gasteiger partial charge in [0.15, 0.2) is 0 Å². The standard InChI is InChI=1S/C15H17NO4/c1-15(2)7-12(17)16(13(18)8-15)9-10-5-3-4-6-11(10)14(19)20/h3-6H,7-9H2,1-2H3,(H,19,20). The van der Waals surface area contributed by atoms with Crippen molar-refractivity contribution in [2.45, 2.75) is 33.2 Å². The second-order valence-corrected chi connectivity index (χ2v) is 5.85. The maximum atomic E-state index is 12.1. The van der Waals surface area contributed by atoms with Crippen LogP contribution in [0.5, 0.6) is 0 Å². The van der Waals surface area contributed by atoms with E-state index in [9.17, 15) is 14.4 Å². The lowest BCUT2D eigenvalue weighted by Gasteiger charge is -2.34. The molecule has 5 nitrogen and oxygen atoms in total. The number of piperidine rings is 1. The first-order valence-corrected chi connectivity index (χ1v) is 6.44. The van der Waals surface area contributed by atoms with Crippen LogP contribution < -0.4 is 0 Å². The van der Waals surface area contributed by atoms with Crippen LogP contribution in [-0.4, -0.2) is 27.8 Å². The maximum absolute atomic E-state index is 12.1. The minimum absolute atomic E-state index is 0.0240. The number of imide groups is 1. The van der Waals surface area contributed by atoms with Gasteiger partial charge in [0, 0.05) is 12.8 Å². The molecule has 0 bridgehead atoms. The van der Waals surface area contributed by atoms with E-state index < -0.39 is 5.97 Å². The van der Waals surface area contributed by atoms with Crippen molar-refractivity contribution in [3.63, 3.8) is 0 Å². The normalized spacial score (nSPS) is 18.2. The third-order valence-corrected chi connectivity index (χ3v) is 3.44. The Balaban J connectivity index is 2.25. The molecule has 1 saturated heterocycles. The van der Waals surface area contributed by atoms with Gasteiger partial charge in [0.2, 0.25) is 11.8 Å². The van der Waals surface area contributed by atoms with Gasteiger partial charge in [-0.3, -0.25) is 14.5 Å². The summed E-state index contributed by atoms with van der Waals surface area (Å²) in [4.78, 5) is 36.4. The molecule has 1 heterocycles. The number of benzene rings is 1. The van der Waals surface area contributed by atoms with Crippen LogP contribution in [0.1, 0.15) is 42.6 Å². The van der Waals surface area contributed by atoms with Gasteiger partial charge in [-0.25, -0.2) is 4.79 Å². The molecule has 0 radical (unpaired) electrons. The van der Waals surface area contributed by atoms with E-state index in [0.717, 1.165) is 4.90 Å². The van der Waals surface area contributed by atoms with Crippen molar-refractivity contribution in [3.05, 3.63) is 35.4 Å². The van der Waals surface area contributed by atoms with E-state index in [1.807, 2.05) is 13.8 Å². The van der Waals surface area contributed by atoms with Gasteiger partial charge in [0.05, 0.1) is 12.1 Å². The number of carbonyl (C=O) groups excluding carboxylic acids is 2. The molecular weight excluding hydrogens is 258 g/mol. The molecule has 0 saturated carbocycles. The van der Waals surface area contributed by atoms with Crippen molar-refractivity contribution in [2.75, 3.05) is 0 Å². The molecule has 5 heteroatoms. The molecule has 1 N–H and O–H groups in total. The van der Waals surface area contributed by atoms with Crippen molar-refractivity contribution in [1.29, 1.82) is 0 Å². The summed E-state index contributed by atoms with van der Waals surface area (Å²) in [6.45, 7) is 3.78. The molecule has 0 aromatic heterocycles. The van der Waals surface area contributed by atoms with Gasteiger partial charge in [-0.2, -0.15) is 0 Å². The summed E-state index contributed by atoms with van der Waals surface area (Å²) in [6.07, 6.45) is 0.599. The Hall–Kier alpha value is -2.17. The van der Waals surface area contributed by atoms with E-state index in [4.69, 9.17) is 5.11 Å². The Labute approximate surface area is 117 Å². The number of hydrogen-bond donors (Lipinski definition) is 1. The smallest absolute Gasteiger partial charge is 0.336 e. The Kier molecular flexibility index (Phi) is 3.61. The molecule has 1 aromatic carbocycles. The molecule has 0 atom stereocenters. The lowest BCUT2D eigenvalue weighted by Crippen LogP contribution is -2.45. The van der Waals surface area contributed by atoms with E-state index in [0.29, 0.717) is 18.4 Å². The van der Waals surface area contributed by atoms with Gasteiger partial charge < -0.3 is 5.11 Å². The van der Waals surface area contributed by atoms with Crippen LogP contribution in [-0.2, 0) is 16.1 Å². The highest BCUT2D eigenvalue weighted by atomic mass is 16.4. The van der Waals surface area contributed by atoms with Crippen molar-refractivity contribution in [3.8, 4) is 0 Å². The van der Waals surface area contributed by atoms with Crippen molar-refractivity contribution in [1.82, 2.24) is 4.90 Å². The summed E-state index contributed by atoms with van der Waals surface area (Å²) in [5, 5.41) is 9.12. The first-order valence-electron chi connectivity index (χ1n) is 6.44. The molecule has 0 spiro atoms. The van der Waals surface area contributed by atoms with Crippen LogP contribution >= 0.6 is 0 Å². The second kappa shape index (κ2) is 5.07. The van der Waals surface area contributed by atoms with Gasteiger partial charge in [0.25, 0.3) is 0 Å². The third kappa shape index (κ3) is 2.87. The second-order valence-electron chi connectivity index (χ2n) is 5.85. The van der Waals surface area contributed by atoms with Crippen LogP contribution in [0.3, 0.4) is 0 Å². The highest BCUT2D eigenvalue weighted by Gasteiger charge is 2.37. The SMILES string of the molecule is CC1(C)CC(=O)N(Cc2ccccc2C(=O)O)C(=O)C1. The zero-order valence-electron chi connectivity index (χ0n) is 11.5. The summed E-state index contributed by atoms with van der Waals surface area (Å²) in [5.41, 5.74) is 0.274. The van der Waals surface area contributed by atoms with Gasteiger partial charge >= 0.3 is 5.97 Å². The quantitative estimate of drug-likeness (QED) is 0.857. The Morgan fingerprint density at radius 1 is 1.20 bits per heavy atom. The molecule has 106 valence electrons. The summed E-state index contributed by atoms with van der Waals surface area (Å²) in [5.74, 6) is -1.55. The molecule has 2 amide bonds. The molecule has 1 aliphatic heterocycles.